The molecule has 19 heavy (non-hydrogen) atoms. The lowest BCUT2D eigenvalue weighted by Gasteiger charge is -2.23. The molecule has 1 aromatic rings. The monoisotopic (exact) mass is 266 g/mol. The highest BCUT2D eigenvalue weighted by Crippen LogP contribution is 2.35. The number of aromatic nitrogens is 2. The van der Waals surface area contributed by atoms with Gasteiger partial charge in [-0.05, 0) is 6.92 Å². The topological polar surface area (TPSA) is 105 Å². The summed E-state index contributed by atoms with van der Waals surface area (Å²) in [5.41, 5.74) is -2.32. The van der Waals surface area contributed by atoms with Gasteiger partial charge < -0.3 is 14.9 Å². The van der Waals surface area contributed by atoms with Gasteiger partial charge in [0, 0.05) is 18.2 Å². The number of nitrogens with one attached hydrogen (secondary N) is 1. The summed E-state index contributed by atoms with van der Waals surface area (Å²) in [6, 6.07) is 0. The lowest BCUT2D eigenvalue weighted by Crippen LogP contribution is -2.41. The van der Waals surface area contributed by atoms with Crippen molar-refractivity contribution in [2.45, 2.75) is 31.3 Å². The number of aliphatic hydroxyl groups is 2. The van der Waals surface area contributed by atoms with Crippen LogP contribution in [0.25, 0.3) is 0 Å². The Morgan fingerprint density at radius 1 is 1.68 bits per heavy atom. The Morgan fingerprint density at radius 2 is 2.37 bits per heavy atom. The number of nitrogens with zero attached hydrogens (tertiary/aromatic N) is 1. The number of aryl methyl sites for hydroxylation is 1. The molecule has 0 radical (unpaired) electrons. The van der Waals surface area contributed by atoms with E-state index in [1.165, 1.54) is 6.20 Å². The standard InChI is InChI=1S/C12H14N2O5/c1-3-12(6-15)8(16)4-9(19-12)14-5-7(2)10(17)13-11(14)18/h1,5,8-9,15-16H,4,6H2,2H3,(H,13,17,18)/t8-,9+,12+/m0/s1. The number of rotatable bonds is 2. The number of ether oxygens (including phenoxy) is 1. The largest absolute Gasteiger partial charge is 0.392 e. The van der Waals surface area contributed by atoms with Gasteiger partial charge in [0.15, 0.2) is 5.60 Å². The van der Waals surface area contributed by atoms with Gasteiger partial charge >= 0.3 is 5.69 Å². The average Bonchev–Trinajstić information content (AvgIpc) is 2.71. The fourth-order valence-electron chi connectivity index (χ4n) is 2.04. The minimum absolute atomic E-state index is 0.0517. The normalized spacial score (nSPS) is 30.2. The van der Waals surface area contributed by atoms with E-state index in [2.05, 4.69) is 10.9 Å². The van der Waals surface area contributed by atoms with E-state index < -0.39 is 35.8 Å². The molecule has 0 aliphatic carbocycles. The molecule has 1 fully saturated rings. The third-order valence-corrected chi connectivity index (χ3v) is 3.24. The van der Waals surface area contributed by atoms with E-state index in [0.29, 0.717) is 5.56 Å². The Labute approximate surface area is 108 Å². The van der Waals surface area contributed by atoms with Crippen molar-refractivity contribution in [3.05, 3.63) is 32.6 Å². The van der Waals surface area contributed by atoms with Gasteiger partial charge in [-0.15, -0.1) is 6.42 Å². The number of aliphatic hydroxyl groups excluding tert-OH is 2. The lowest BCUT2D eigenvalue weighted by molar-refractivity contribution is -0.0913. The number of hydrogen-bond donors (Lipinski definition) is 3. The number of aromatic amines is 1. The molecular formula is C12H14N2O5. The summed E-state index contributed by atoms with van der Waals surface area (Å²) in [5.74, 6) is 2.21. The molecule has 1 aliphatic heterocycles. The molecule has 0 saturated carbocycles. The second kappa shape index (κ2) is 4.66. The Balaban J connectivity index is 2.42. The van der Waals surface area contributed by atoms with E-state index in [1.54, 1.807) is 6.92 Å². The van der Waals surface area contributed by atoms with Crippen LogP contribution in [0, 0.1) is 19.3 Å². The predicted octanol–water partition coefficient (Wildman–Crippen LogP) is -1.51. The summed E-state index contributed by atoms with van der Waals surface area (Å²) in [4.78, 5) is 25.1. The molecule has 3 N–H and O–H groups in total. The summed E-state index contributed by atoms with van der Waals surface area (Å²) in [5, 5.41) is 19.1. The fraction of sp³-hybridized carbons (Fsp3) is 0.500. The van der Waals surface area contributed by atoms with Gasteiger partial charge in [0.2, 0.25) is 0 Å². The van der Waals surface area contributed by atoms with Crippen molar-refractivity contribution in [3.8, 4) is 12.3 Å². The van der Waals surface area contributed by atoms with Gasteiger partial charge in [0.05, 0.1) is 6.61 Å². The van der Waals surface area contributed by atoms with E-state index in [4.69, 9.17) is 11.2 Å². The predicted molar refractivity (Wildman–Crippen MR) is 65.5 cm³/mol. The number of terminal acetylenes is 1. The summed E-state index contributed by atoms with van der Waals surface area (Å²) in [7, 11) is 0. The van der Waals surface area contributed by atoms with Crippen LogP contribution in [0.2, 0.25) is 0 Å². The second-order valence-corrected chi connectivity index (χ2v) is 4.49. The highest BCUT2D eigenvalue weighted by molar-refractivity contribution is 5.16. The molecule has 1 aliphatic rings. The third-order valence-electron chi connectivity index (χ3n) is 3.24. The van der Waals surface area contributed by atoms with Crippen molar-refractivity contribution in [3.63, 3.8) is 0 Å². The maximum atomic E-state index is 11.7. The van der Waals surface area contributed by atoms with Crippen LogP contribution in [0.1, 0.15) is 18.2 Å². The summed E-state index contributed by atoms with van der Waals surface area (Å²) >= 11 is 0. The van der Waals surface area contributed by atoms with E-state index >= 15 is 0 Å². The van der Waals surface area contributed by atoms with Crippen LogP contribution in [0.15, 0.2) is 15.8 Å². The molecule has 7 nitrogen and oxygen atoms in total. The maximum Gasteiger partial charge on any atom is 0.330 e. The van der Waals surface area contributed by atoms with E-state index in [9.17, 15) is 19.8 Å². The van der Waals surface area contributed by atoms with Gasteiger partial charge in [-0.2, -0.15) is 0 Å². The molecular weight excluding hydrogens is 252 g/mol. The van der Waals surface area contributed by atoms with Crippen LogP contribution in [0.5, 0.6) is 0 Å². The molecule has 1 aromatic heterocycles. The van der Waals surface area contributed by atoms with Crippen LogP contribution < -0.4 is 11.2 Å². The molecule has 1 saturated heterocycles. The number of H-pyrrole nitrogens is 1. The molecule has 0 amide bonds. The van der Waals surface area contributed by atoms with Gasteiger partial charge in [0.25, 0.3) is 5.56 Å². The van der Waals surface area contributed by atoms with E-state index in [-0.39, 0.29) is 6.42 Å². The first-order valence-electron chi connectivity index (χ1n) is 5.70. The van der Waals surface area contributed by atoms with Gasteiger partial charge in [0.1, 0.15) is 12.3 Å². The zero-order valence-corrected chi connectivity index (χ0v) is 10.3. The molecule has 2 rings (SSSR count). The smallest absolute Gasteiger partial charge is 0.330 e. The van der Waals surface area contributed by atoms with Crippen LogP contribution >= 0.6 is 0 Å². The first kappa shape index (κ1) is 13.5. The Kier molecular flexibility index (Phi) is 3.32. The molecule has 0 aromatic carbocycles. The summed E-state index contributed by atoms with van der Waals surface area (Å²) < 4.78 is 6.57. The van der Waals surface area contributed by atoms with Crippen LogP contribution in [-0.4, -0.2) is 38.1 Å². The molecule has 0 bridgehead atoms. The van der Waals surface area contributed by atoms with Gasteiger partial charge in [-0.3, -0.25) is 14.3 Å². The SMILES string of the molecule is C#C[C@]1(CO)O[C@@H](n2cc(C)c(=O)[nH]c2=O)C[C@@H]1O. The number of hydrogen-bond acceptors (Lipinski definition) is 5. The first-order valence-corrected chi connectivity index (χ1v) is 5.70. The Morgan fingerprint density at radius 3 is 2.89 bits per heavy atom. The molecule has 2 heterocycles. The first-order chi connectivity index (χ1) is 8.93. The highest BCUT2D eigenvalue weighted by Gasteiger charge is 2.47. The van der Waals surface area contributed by atoms with Gasteiger partial charge in [-0.25, -0.2) is 4.79 Å². The molecule has 3 atom stereocenters. The Hall–Kier alpha value is -1.88. The van der Waals surface area contributed by atoms with E-state index in [1.807, 2.05) is 0 Å². The molecule has 0 spiro atoms. The minimum Gasteiger partial charge on any atom is -0.392 e. The van der Waals surface area contributed by atoms with Crippen molar-refractivity contribution in [1.29, 1.82) is 0 Å². The van der Waals surface area contributed by atoms with E-state index in [0.717, 1.165) is 4.57 Å². The minimum atomic E-state index is -1.52. The molecule has 0 unspecified atom stereocenters. The molecule has 7 heteroatoms. The average molecular weight is 266 g/mol. The van der Waals surface area contributed by atoms with Crippen molar-refractivity contribution >= 4 is 0 Å². The Bertz CT molecular complexity index is 641. The molecule has 102 valence electrons. The second-order valence-electron chi connectivity index (χ2n) is 4.49. The summed E-state index contributed by atoms with van der Waals surface area (Å²) in [6.07, 6.45) is 4.73. The van der Waals surface area contributed by atoms with Crippen LogP contribution in [0.4, 0.5) is 0 Å². The van der Waals surface area contributed by atoms with Crippen molar-refractivity contribution < 1.29 is 14.9 Å². The lowest BCUT2D eigenvalue weighted by atomic mass is 9.99. The summed E-state index contributed by atoms with van der Waals surface area (Å²) in [6.45, 7) is 0.985. The highest BCUT2D eigenvalue weighted by atomic mass is 16.6. The van der Waals surface area contributed by atoms with Crippen LogP contribution in [0.3, 0.4) is 0 Å². The quantitative estimate of drug-likeness (QED) is 0.564. The zero-order chi connectivity index (χ0) is 14.2. The zero-order valence-electron chi connectivity index (χ0n) is 10.3. The van der Waals surface area contributed by atoms with Crippen molar-refractivity contribution in [2.75, 3.05) is 6.61 Å². The van der Waals surface area contributed by atoms with Crippen LogP contribution in [-0.2, 0) is 4.74 Å². The maximum absolute atomic E-state index is 11.7. The third kappa shape index (κ3) is 2.10. The van der Waals surface area contributed by atoms with Crippen molar-refractivity contribution in [1.82, 2.24) is 9.55 Å². The fourth-order valence-corrected chi connectivity index (χ4v) is 2.04. The van der Waals surface area contributed by atoms with Gasteiger partial charge in [-0.1, -0.05) is 5.92 Å². The van der Waals surface area contributed by atoms with Crippen molar-refractivity contribution in [2.24, 2.45) is 0 Å².